The van der Waals surface area contributed by atoms with Gasteiger partial charge in [-0.2, -0.15) is 0 Å². The Hall–Kier alpha value is -1.15. The first-order chi connectivity index (χ1) is 8.77. The van der Waals surface area contributed by atoms with Crippen molar-refractivity contribution in [1.29, 1.82) is 0 Å². The Balaban J connectivity index is 1.84. The summed E-state index contributed by atoms with van der Waals surface area (Å²) in [4.78, 5) is 14.1. The normalized spacial score (nSPS) is 16.7. The monoisotopic (exact) mass is 245 g/mol. The molecule has 0 atom stereocenters. The van der Waals surface area contributed by atoms with Gasteiger partial charge in [0.15, 0.2) is 5.78 Å². The fourth-order valence-corrected chi connectivity index (χ4v) is 2.76. The van der Waals surface area contributed by atoms with Crippen LogP contribution < -0.4 is 0 Å². The minimum Gasteiger partial charge on any atom is -0.303 e. The van der Waals surface area contributed by atoms with Crippen LogP contribution in [-0.2, 0) is 6.42 Å². The molecule has 1 fully saturated rings. The molecule has 1 saturated heterocycles. The summed E-state index contributed by atoms with van der Waals surface area (Å²) in [5.74, 6) is 0.184. The number of carbonyl (C=O) groups excluding carboxylic acids is 1. The average molecular weight is 245 g/mol. The zero-order valence-electron chi connectivity index (χ0n) is 11.3. The van der Waals surface area contributed by atoms with Gasteiger partial charge in [-0.1, -0.05) is 30.7 Å². The van der Waals surface area contributed by atoms with Crippen molar-refractivity contribution < 1.29 is 4.79 Å². The van der Waals surface area contributed by atoms with E-state index in [2.05, 4.69) is 11.0 Å². The minimum atomic E-state index is 0.184. The SMILES string of the molecule is CC(=O)c1ccccc1CCCN1CCCCC1. The molecule has 0 aliphatic carbocycles. The fourth-order valence-electron chi connectivity index (χ4n) is 2.76. The van der Waals surface area contributed by atoms with E-state index in [0.717, 1.165) is 18.4 Å². The Kier molecular flexibility index (Phi) is 4.94. The van der Waals surface area contributed by atoms with Crippen molar-refractivity contribution in [3.05, 3.63) is 35.4 Å². The highest BCUT2D eigenvalue weighted by Gasteiger charge is 2.10. The van der Waals surface area contributed by atoms with Gasteiger partial charge in [0.2, 0.25) is 0 Å². The van der Waals surface area contributed by atoms with Crippen LogP contribution in [-0.4, -0.2) is 30.3 Å². The van der Waals surface area contributed by atoms with Crippen molar-refractivity contribution in [3.63, 3.8) is 0 Å². The zero-order chi connectivity index (χ0) is 12.8. The molecule has 2 heteroatoms. The van der Waals surface area contributed by atoms with Crippen LogP contribution in [0.2, 0.25) is 0 Å². The lowest BCUT2D eigenvalue weighted by Crippen LogP contribution is -2.30. The molecule has 98 valence electrons. The Morgan fingerprint density at radius 2 is 1.89 bits per heavy atom. The van der Waals surface area contributed by atoms with E-state index in [4.69, 9.17) is 0 Å². The number of ketones is 1. The number of piperidine rings is 1. The standard InChI is InChI=1S/C16H23NO/c1-14(18)16-10-4-3-8-15(16)9-7-13-17-11-5-2-6-12-17/h3-4,8,10H,2,5-7,9,11-13H2,1H3. The number of Topliss-reactive ketones (excluding diaryl/α,β-unsaturated/α-hetero) is 1. The summed E-state index contributed by atoms with van der Waals surface area (Å²) in [6, 6.07) is 8.01. The topological polar surface area (TPSA) is 20.3 Å². The molecule has 1 aromatic carbocycles. The van der Waals surface area contributed by atoms with E-state index in [1.165, 1.54) is 44.5 Å². The van der Waals surface area contributed by atoms with Gasteiger partial charge in [-0.05, 0) is 57.8 Å². The number of aryl methyl sites for hydroxylation is 1. The molecule has 18 heavy (non-hydrogen) atoms. The molecule has 0 bridgehead atoms. The second-order valence-corrected chi connectivity index (χ2v) is 5.22. The van der Waals surface area contributed by atoms with Gasteiger partial charge in [0.1, 0.15) is 0 Å². The van der Waals surface area contributed by atoms with Crippen LogP contribution in [0.15, 0.2) is 24.3 Å². The number of hydrogen-bond acceptors (Lipinski definition) is 2. The van der Waals surface area contributed by atoms with Crippen LogP contribution >= 0.6 is 0 Å². The van der Waals surface area contributed by atoms with Crippen LogP contribution in [0, 0.1) is 0 Å². The van der Waals surface area contributed by atoms with Crippen molar-refractivity contribution in [2.45, 2.75) is 39.0 Å². The molecule has 0 spiro atoms. The van der Waals surface area contributed by atoms with Crippen LogP contribution in [0.5, 0.6) is 0 Å². The molecule has 0 N–H and O–H groups in total. The predicted molar refractivity (Wildman–Crippen MR) is 75.1 cm³/mol. The highest BCUT2D eigenvalue weighted by Crippen LogP contribution is 2.14. The van der Waals surface area contributed by atoms with E-state index >= 15 is 0 Å². The lowest BCUT2D eigenvalue weighted by molar-refractivity contribution is 0.101. The number of benzene rings is 1. The smallest absolute Gasteiger partial charge is 0.160 e. The van der Waals surface area contributed by atoms with Gasteiger partial charge in [0.25, 0.3) is 0 Å². The Labute approximate surface area is 110 Å². The van der Waals surface area contributed by atoms with E-state index in [0.29, 0.717) is 0 Å². The number of carbonyl (C=O) groups is 1. The Morgan fingerprint density at radius 3 is 2.61 bits per heavy atom. The molecule has 0 aromatic heterocycles. The Morgan fingerprint density at radius 1 is 1.17 bits per heavy atom. The summed E-state index contributed by atoms with van der Waals surface area (Å²) < 4.78 is 0. The lowest BCUT2D eigenvalue weighted by atomic mass is 10.00. The highest BCUT2D eigenvalue weighted by molar-refractivity contribution is 5.95. The Bertz CT molecular complexity index is 394. The van der Waals surface area contributed by atoms with Crippen molar-refractivity contribution in [3.8, 4) is 0 Å². The summed E-state index contributed by atoms with van der Waals surface area (Å²) in [5.41, 5.74) is 2.11. The fraction of sp³-hybridized carbons (Fsp3) is 0.562. The van der Waals surface area contributed by atoms with Gasteiger partial charge in [0, 0.05) is 5.56 Å². The molecular formula is C16H23NO. The maximum Gasteiger partial charge on any atom is 0.160 e. The van der Waals surface area contributed by atoms with E-state index < -0.39 is 0 Å². The molecule has 1 heterocycles. The quantitative estimate of drug-likeness (QED) is 0.742. The highest BCUT2D eigenvalue weighted by atomic mass is 16.1. The zero-order valence-corrected chi connectivity index (χ0v) is 11.3. The third kappa shape index (κ3) is 3.67. The predicted octanol–water partition coefficient (Wildman–Crippen LogP) is 3.31. The van der Waals surface area contributed by atoms with Crippen molar-refractivity contribution in [2.24, 2.45) is 0 Å². The van der Waals surface area contributed by atoms with Crippen molar-refractivity contribution in [2.75, 3.05) is 19.6 Å². The van der Waals surface area contributed by atoms with Crippen LogP contribution in [0.3, 0.4) is 0 Å². The molecule has 0 amide bonds. The minimum absolute atomic E-state index is 0.184. The number of hydrogen-bond donors (Lipinski definition) is 0. The summed E-state index contributed by atoms with van der Waals surface area (Å²) >= 11 is 0. The first-order valence-corrected chi connectivity index (χ1v) is 7.08. The summed E-state index contributed by atoms with van der Waals surface area (Å²) in [6.07, 6.45) is 6.27. The average Bonchev–Trinajstić information content (AvgIpc) is 2.40. The second-order valence-electron chi connectivity index (χ2n) is 5.22. The van der Waals surface area contributed by atoms with E-state index in [-0.39, 0.29) is 5.78 Å². The molecule has 2 nitrogen and oxygen atoms in total. The maximum absolute atomic E-state index is 11.5. The number of rotatable bonds is 5. The maximum atomic E-state index is 11.5. The van der Waals surface area contributed by atoms with Gasteiger partial charge in [-0.25, -0.2) is 0 Å². The summed E-state index contributed by atoms with van der Waals surface area (Å²) in [5, 5.41) is 0. The van der Waals surface area contributed by atoms with E-state index in [1.807, 2.05) is 18.2 Å². The third-order valence-corrected chi connectivity index (χ3v) is 3.77. The molecule has 0 unspecified atom stereocenters. The molecular weight excluding hydrogens is 222 g/mol. The van der Waals surface area contributed by atoms with Gasteiger partial charge >= 0.3 is 0 Å². The largest absolute Gasteiger partial charge is 0.303 e. The second kappa shape index (κ2) is 6.69. The molecule has 1 aliphatic heterocycles. The molecule has 2 rings (SSSR count). The molecule has 0 saturated carbocycles. The summed E-state index contributed by atoms with van der Waals surface area (Å²) in [6.45, 7) is 5.35. The van der Waals surface area contributed by atoms with Crippen molar-refractivity contribution in [1.82, 2.24) is 4.90 Å². The molecule has 1 aliphatic rings. The first kappa shape index (κ1) is 13.3. The number of nitrogens with zero attached hydrogens (tertiary/aromatic N) is 1. The summed E-state index contributed by atoms with van der Waals surface area (Å²) in [7, 11) is 0. The van der Waals surface area contributed by atoms with Gasteiger partial charge < -0.3 is 4.90 Å². The van der Waals surface area contributed by atoms with Crippen LogP contribution in [0.4, 0.5) is 0 Å². The van der Waals surface area contributed by atoms with Crippen LogP contribution in [0.1, 0.15) is 48.5 Å². The molecule has 1 aromatic rings. The van der Waals surface area contributed by atoms with E-state index in [1.54, 1.807) is 6.92 Å². The number of likely N-dealkylation sites (tertiary alicyclic amines) is 1. The van der Waals surface area contributed by atoms with Crippen LogP contribution in [0.25, 0.3) is 0 Å². The molecule has 0 radical (unpaired) electrons. The third-order valence-electron chi connectivity index (χ3n) is 3.77. The van der Waals surface area contributed by atoms with Gasteiger partial charge in [-0.3, -0.25) is 4.79 Å². The first-order valence-electron chi connectivity index (χ1n) is 7.08. The van der Waals surface area contributed by atoms with Gasteiger partial charge in [-0.15, -0.1) is 0 Å². The van der Waals surface area contributed by atoms with E-state index in [9.17, 15) is 4.79 Å². The van der Waals surface area contributed by atoms with Gasteiger partial charge in [0.05, 0.1) is 0 Å². The lowest BCUT2D eigenvalue weighted by Gasteiger charge is -2.26. The van der Waals surface area contributed by atoms with Crippen molar-refractivity contribution >= 4 is 5.78 Å².